The second-order valence-electron chi connectivity index (χ2n) is 14.3. The summed E-state index contributed by atoms with van der Waals surface area (Å²) in [5.41, 5.74) is -1.03. The van der Waals surface area contributed by atoms with Crippen molar-refractivity contribution in [1.29, 1.82) is 0 Å². The van der Waals surface area contributed by atoms with Gasteiger partial charge in [-0.1, -0.05) is 41.5 Å². The zero-order valence-electron chi connectivity index (χ0n) is 28.2. The Morgan fingerprint density at radius 2 is 1.67 bits per heavy atom. The van der Waals surface area contributed by atoms with Crippen LogP contribution in [0.2, 0.25) is 4.18 Å². The van der Waals surface area contributed by atoms with Crippen molar-refractivity contribution in [2.24, 2.45) is 10.9 Å². The number of halogens is 3. The summed E-state index contributed by atoms with van der Waals surface area (Å²) in [6, 6.07) is 4.35. The van der Waals surface area contributed by atoms with Gasteiger partial charge < -0.3 is 9.26 Å². The topological polar surface area (TPSA) is 57.1 Å². The summed E-state index contributed by atoms with van der Waals surface area (Å²) >= 11 is 0.717. The number of aryl methyl sites for hydroxylation is 1. The second kappa shape index (κ2) is 16.3. The van der Waals surface area contributed by atoms with Crippen LogP contribution >= 0.6 is 7.37 Å². The molecular formula is C33H56F3InNO4P. The van der Waals surface area contributed by atoms with Crippen LogP contribution in [0.4, 0.5) is 13.2 Å². The van der Waals surface area contributed by atoms with Crippen LogP contribution in [0.1, 0.15) is 118 Å². The van der Waals surface area contributed by atoms with Gasteiger partial charge in [0, 0.05) is 17.2 Å². The monoisotopic (exact) mass is 733 g/mol. The minimum atomic E-state index is -4.53. The Labute approximate surface area is 273 Å². The van der Waals surface area contributed by atoms with Gasteiger partial charge in [0.15, 0.2) is 5.90 Å². The van der Waals surface area contributed by atoms with E-state index in [1.807, 2.05) is 41.5 Å². The van der Waals surface area contributed by atoms with Crippen molar-refractivity contribution in [2.75, 3.05) is 19.8 Å². The summed E-state index contributed by atoms with van der Waals surface area (Å²) in [5.74, 6) is 1.03. The summed E-state index contributed by atoms with van der Waals surface area (Å²) in [7, 11) is -3.15. The molecule has 2 rings (SSSR count). The van der Waals surface area contributed by atoms with E-state index in [9.17, 15) is 17.7 Å². The van der Waals surface area contributed by atoms with E-state index in [1.165, 1.54) is 48.4 Å². The molecule has 0 radical (unpaired) electrons. The van der Waals surface area contributed by atoms with Crippen LogP contribution < -0.4 is 4.74 Å². The molecule has 1 aliphatic rings. The predicted octanol–water partition coefficient (Wildman–Crippen LogP) is 9.51. The molecule has 5 nitrogen and oxygen atoms in total. The summed E-state index contributed by atoms with van der Waals surface area (Å²) < 4.78 is 75.5. The molecule has 0 bridgehead atoms. The summed E-state index contributed by atoms with van der Waals surface area (Å²) in [6.07, 6.45) is 4.03. The van der Waals surface area contributed by atoms with Gasteiger partial charge in [-0.05, 0) is 12.8 Å². The van der Waals surface area contributed by atoms with Crippen molar-refractivity contribution in [1.82, 2.24) is 0 Å². The van der Waals surface area contributed by atoms with E-state index in [2.05, 4.69) is 6.92 Å². The fourth-order valence-corrected chi connectivity index (χ4v) is 10.3. The summed E-state index contributed by atoms with van der Waals surface area (Å²) in [6.45, 7) is 16.0. The van der Waals surface area contributed by atoms with Crippen molar-refractivity contribution >= 4 is 37.6 Å². The van der Waals surface area contributed by atoms with Crippen LogP contribution in [-0.2, 0) is 26.4 Å². The Bertz CT molecular complexity index is 1070. The maximum atomic E-state index is 14.1. The van der Waals surface area contributed by atoms with Gasteiger partial charge in [-0.2, -0.15) is 0 Å². The van der Waals surface area contributed by atoms with Crippen LogP contribution in [0, 0.1) is 5.92 Å². The standard InChI is InChI=1S/C33H54F3NO4P.In.2H/c1-10-12-15-26(14-11-2)16-13-21-39-29-18-17-27(22-28(29)33(34,35)36)19-20-32(23-40-25(3)37-32)24-41-42(38,30(4,5)6)31(7,8)9;;;/h17-18,22,26H,2,10-16,19-21,23-24H2,1,3-9H3;;;. The van der Waals surface area contributed by atoms with Gasteiger partial charge in [-0.15, -0.1) is 0 Å². The van der Waals surface area contributed by atoms with E-state index in [1.54, 1.807) is 13.0 Å². The van der Waals surface area contributed by atoms with E-state index in [0.29, 0.717) is 30.2 Å². The molecule has 10 heteroatoms. The number of alkyl halides is 3. The number of ether oxygens (including phenoxy) is 2. The molecule has 0 spiro atoms. The maximum absolute atomic E-state index is 14.1. The Balaban J connectivity index is 2.14. The van der Waals surface area contributed by atoms with Crippen LogP contribution in [0.3, 0.4) is 0 Å². The number of benzene rings is 1. The van der Waals surface area contributed by atoms with Crippen molar-refractivity contribution in [2.45, 2.75) is 139 Å². The van der Waals surface area contributed by atoms with Crippen molar-refractivity contribution in [3.05, 3.63) is 29.3 Å². The van der Waals surface area contributed by atoms with Crippen LogP contribution in [0.5, 0.6) is 5.75 Å². The average molecular weight is 734 g/mol. The Hall–Kier alpha value is -0.660. The third-order valence-corrected chi connectivity index (χ3v) is 14.4. The van der Waals surface area contributed by atoms with Gasteiger partial charge in [-0.3, -0.25) is 4.57 Å². The van der Waals surface area contributed by atoms with Gasteiger partial charge >= 0.3 is 152 Å². The normalized spacial score (nSPS) is 18.8. The first kappa shape index (κ1) is 38.5. The van der Waals surface area contributed by atoms with Gasteiger partial charge in [0.1, 0.15) is 12.1 Å². The number of hydrogen-bond donors (Lipinski definition) is 0. The Kier molecular flexibility index (Phi) is 14.6. The Morgan fingerprint density at radius 1 is 1.05 bits per heavy atom. The molecule has 0 fully saturated rings. The van der Waals surface area contributed by atoms with Crippen LogP contribution in [0.15, 0.2) is 23.2 Å². The van der Waals surface area contributed by atoms with E-state index < -0.39 is 35.0 Å². The number of nitrogens with zero attached hydrogens (tertiary/aromatic N) is 1. The number of aliphatic imine (C=N–C) groups is 1. The molecule has 0 N–H and O–H groups in total. The molecule has 0 amide bonds. The van der Waals surface area contributed by atoms with Crippen molar-refractivity contribution < 1.29 is 31.7 Å². The molecule has 1 heterocycles. The first-order valence-corrected chi connectivity index (χ1v) is 21.8. The molecular weight excluding hydrogens is 677 g/mol. The molecule has 1 aromatic carbocycles. The van der Waals surface area contributed by atoms with E-state index >= 15 is 0 Å². The minimum absolute atomic E-state index is 0.0733. The number of rotatable bonds is 17. The molecule has 0 saturated carbocycles. The molecule has 0 aromatic heterocycles. The zero-order chi connectivity index (χ0) is 32.5. The van der Waals surface area contributed by atoms with E-state index in [-0.39, 0.29) is 25.6 Å². The summed E-state index contributed by atoms with van der Waals surface area (Å²) in [5, 5.41) is -1.17. The number of hydrogen-bond acceptors (Lipinski definition) is 5. The fourth-order valence-electron chi connectivity index (χ4n) is 5.95. The fraction of sp³-hybridized carbons (Fsp3) is 0.788. The number of unbranched alkanes of at least 4 members (excludes halogenated alkanes) is 1. The first-order valence-electron chi connectivity index (χ1n) is 16.1. The Morgan fingerprint density at radius 3 is 2.21 bits per heavy atom. The molecule has 2 atom stereocenters. The second-order valence-corrected chi connectivity index (χ2v) is 21.2. The molecule has 0 aliphatic carbocycles. The zero-order valence-corrected chi connectivity index (χ0v) is 34.8. The van der Waals surface area contributed by atoms with Crippen LogP contribution in [-0.4, -0.2) is 65.9 Å². The first-order chi connectivity index (χ1) is 19.9. The van der Waals surface area contributed by atoms with Crippen molar-refractivity contribution in [3.63, 3.8) is 0 Å². The molecule has 1 aromatic rings. The van der Waals surface area contributed by atoms with E-state index in [0.717, 1.165) is 37.2 Å². The van der Waals surface area contributed by atoms with Gasteiger partial charge in [0.25, 0.3) is 0 Å². The molecule has 1 aliphatic heterocycles. The summed E-state index contributed by atoms with van der Waals surface area (Å²) in [4.78, 5) is 4.70. The predicted molar refractivity (Wildman–Crippen MR) is 175 cm³/mol. The molecule has 246 valence electrons. The van der Waals surface area contributed by atoms with Gasteiger partial charge in [0.05, 0.1) is 6.61 Å². The third-order valence-electron chi connectivity index (χ3n) is 8.40. The SMILES string of the molecule is CCCCC(CC[CH2][InH2])CCCOc1ccc(CCC2(COP(=O)(C(C)(C)C)C(C)(C)C)COC(C)=N2)cc1C(F)(F)F. The van der Waals surface area contributed by atoms with Crippen molar-refractivity contribution in [3.8, 4) is 5.75 Å². The van der Waals surface area contributed by atoms with E-state index in [4.69, 9.17) is 19.0 Å². The molecule has 2 unspecified atom stereocenters. The average Bonchev–Trinajstić information content (AvgIpc) is 3.28. The van der Waals surface area contributed by atoms with Crippen LogP contribution in [0.25, 0.3) is 0 Å². The molecule has 43 heavy (non-hydrogen) atoms. The third kappa shape index (κ3) is 11.3. The molecule has 0 saturated heterocycles. The van der Waals surface area contributed by atoms with Gasteiger partial charge in [0.2, 0.25) is 7.37 Å². The van der Waals surface area contributed by atoms with Gasteiger partial charge in [-0.25, -0.2) is 4.99 Å². The quantitative estimate of drug-likeness (QED) is 0.118.